The van der Waals surface area contributed by atoms with Gasteiger partial charge in [0.05, 0.1) is 34.5 Å². The number of fused-ring (bicyclic) bond motifs is 1. The van der Waals surface area contributed by atoms with Crippen molar-refractivity contribution in [2.24, 2.45) is 0 Å². The van der Waals surface area contributed by atoms with Crippen molar-refractivity contribution in [3.63, 3.8) is 0 Å². The summed E-state index contributed by atoms with van der Waals surface area (Å²) in [4.78, 5) is 24.1. The zero-order valence-corrected chi connectivity index (χ0v) is 21.5. The van der Waals surface area contributed by atoms with E-state index in [1.54, 1.807) is 29.4 Å². The van der Waals surface area contributed by atoms with Crippen LogP contribution in [0.15, 0.2) is 65.8 Å². The fraction of sp³-hybridized carbons (Fsp3) is 0.269. The molecule has 0 saturated heterocycles. The number of aromatic nitrogens is 2. The van der Waals surface area contributed by atoms with E-state index < -0.39 is 9.84 Å². The minimum atomic E-state index is -3.51. The summed E-state index contributed by atoms with van der Waals surface area (Å²) in [6.07, 6.45) is 3.70. The first-order valence-corrected chi connectivity index (χ1v) is 13.7. The van der Waals surface area contributed by atoms with Crippen LogP contribution < -0.4 is 9.64 Å². The Bertz CT molecular complexity index is 1430. The van der Waals surface area contributed by atoms with Crippen molar-refractivity contribution in [3.05, 3.63) is 77.6 Å². The number of aryl methyl sites for hydroxylation is 2. The highest BCUT2D eigenvalue weighted by atomic mass is 32.2. The highest BCUT2D eigenvalue weighted by molar-refractivity contribution is 7.91. The van der Waals surface area contributed by atoms with Gasteiger partial charge in [-0.1, -0.05) is 23.5 Å². The second-order valence-corrected chi connectivity index (χ2v) is 11.4. The number of benzene rings is 2. The quantitative estimate of drug-likeness (QED) is 0.312. The first-order chi connectivity index (χ1) is 16.8. The molecule has 0 aliphatic rings. The van der Waals surface area contributed by atoms with Crippen LogP contribution in [0.2, 0.25) is 0 Å². The van der Waals surface area contributed by atoms with Crippen molar-refractivity contribution in [1.29, 1.82) is 0 Å². The standard InChI is InChI=1S/C26H27N3O4S2/c1-18-8-13-23-25(19(18)2)28-26(34-23)29(17-20-6-4-14-27-16-20)24(30)7-5-15-35(31,32)22-11-9-21(33-3)10-12-22/h4,6,8-14,16H,5,7,15,17H2,1-3H3. The summed E-state index contributed by atoms with van der Waals surface area (Å²) in [6.45, 7) is 4.38. The van der Waals surface area contributed by atoms with E-state index in [9.17, 15) is 13.2 Å². The highest BCUT2D eigenvalue weighted by Crippen LogP contribution is 2.33. The lowest BCUT2D eigenvalue weighted by molar-refractivity contribution is -0.118. The maximum Gasteiger partial charge on any atom is 0.229 e. The van der Waals surface area contributed by atoms with Crippen molar-refractivity contribution in [3.8, 4) is 5.75 Å². The molecule has 0 N–H and O–H groups in total. The molecular formula is C26H27N3O4S2. The molecule has 182 valence electrons. The van der Waals surface area contributed by atoms with Crippen molar-refractivity contribution < 1.29 is 17.9 Å². The Morgan fingerprint density at radius 2 is 1.86 bits per heavy atom. The van der Waals surface area contributed by atoms with Gasteiger partial charge in [-0.05, 0) is 73.4 Å². The van der Waals surface area contributed by atoms with E-state index in [-0.39, 0.29) is 29.4 Å². The topological polar surface area (TPSA) is 89.5 Å². The van der Waals surface area contributed by atoms with Crippen molar-refractivity contribution >= 4 is 42.4 Å². The molecule has 2 aromatic heterocycles. The second kappa shape index (κ2) is 10.5. The van der Waals surface area contributed by atoms with Crippen molar-refractivity contribution in [2.45, 2.75) is 38.1 Å². The van der Waals surface area contributed by atoms with Gasteiger partial charge in [-0.25, -0.2) is 13.4 Å². The van der Waals surface area contributed by atoms with Crippen molar-refractivity contribution in [1.82, 2.24) is 9.97 Å². The Morgan fingerprint density at radius 1 is 1.09 bits per heavy atom. The van der Waals surface area contributed by atoms with Crippen LogP contribution in [0.25, 0.3) is 10.2 Å². The number of ether oxygens (including phenoxy) is 1. The lowest BCUT2D eigenvalue weighted by Crippen LogP contribution is -2.30. The first-order valence-electron chi connectivity index (χ1n) is 11.2. The molecule has 0 atom stereocenters. The van der Waals surface area contributed by atoms with Gasteiger partial charge in [0.2, 0.25) is 5.91 Å². The van der Waals surface area contributed by atoms with Crippen LogP contribution >= 0.6 is 11.3 Å². The van der Waals surface area contributed by atoms with Gasteiger partial charge in [-0.2, -0.15) is 0 Å². The molecule has 0 spiro atoms. The molecule has 0 saturated carbocycles. The Hall–Kier alpha value is -3.30. The molecule has 0 unspecified atom stereocenters. The fourth-order valence-electron chi connectivity index (χ4n) is 3.72. The SMILES string of the molecule is COc1ccc(S(=O)(=O)CCCC(=O)N(Cc2cccnc2)c2nc3c(C)c(C)ccc3s2)cc1. The van der Waals surface area contributed by atoms with Gasteiger partial charge in [-0.3, -0.25) is 14.7 Å². The minimum Gasteiger partial charge on any atom is -0.497 e. The van der Waals surface area contributed by atoms with Gasteiger partial charge in [-0.15, -0.1) is 0 Å². The number of carbonyl (C=O) groups excluding carboxylic acids is 1. The van der Waals surface area contributed by atoms with Crippen LogP contribution in [0, 0.1) is 13.8 Å². The molecule has 0 fully saturated rings. The third-order valence-electron chi connectivity index (χ3n) is 5.89. The van der Waals surface area contributed by atoms with Gasteiger partial charge in [0.1, 0.15) is 5.75 Å². The number of anilines is 1. The van der Waals surface area contributed by atoms with Crippen LogP contribution in [-0.2, 0) is 21.2 Å². The zero-order chi connectivity index (χ0) is 25.0. The van der Waals surface area contributed by atoms with E-state index >= 15 is 0 Å². The Labute approximate surface area is 209 Å². The third-order valence-corrected chi connectivity index (χ3v) is 8.75. The average molecular weight is 510 g/mol. The maximum atomic E-state index is 13.3. The van der Waals surface area contributed by atoms with Gasteiger partial charge in [0, 0.05) is 18.8 Å². The van der Waals surface area contributed by atoms with Crippen LogP contribution in [-0.4, -0.2) is 37.2 Å². The highest BCUT2D eigenvalue weighted by Gasteiger charge is 2.22. The normalized spacial score (nSPS) is 11.5. The number of hydrogen-bond donors (Lipinski definition) is 0. The number of thiazole rings is 1. The fourth-order valence-corrected chi connectivity index (χ4v) is 6.07. The van der Waals surface area contributed by atoms with Crippen LogP contribution in [0.5, 0.6) is 5.75 Å². The van der Waals surface area contributed by atoms with E-state index in [0.29, 0.717) is 17.4 Å². The zero-order valence-electron chi connectivity index (χ0n) is 19.9. The number of nitrogens with zero attached hydrogens (tertiary/aromatic N) is 3. The second-order valence-electron chi connectivity index (χ2n) is 8.29. The van der Waals surface area contributed by atoms with Crippen LogP contribution in [0.1, 0.15) is 29.5 Å². The van der Waals surface area contributed by atoms with E-state index in [4.69, 9.17) is 9.72 Å². The largest absolute Gasteiger partial charge is 0.497 e. The summed E-state index contributed by atoms with van der Waals surface area (Å²) in [5.74, 6) is 0.294. The molecule has 2 heterocycles. The Morgan fingerprint density at radius 3 is 2.54 bits per heavy atom. The third kappa shape index (κ3) is 5.68. The van der Waals surface area contributed by atoms with E-state index in [1.807, 2.05) is 32.0 Å². The Balaban J connectivity index is 1.53. The molecule has 0 radical (unpaired) electrons. The van der Waals surface area contributed by atoms with Crippen LogP contribution in [0.4, 0.5) is 5.13 Å². The molecule has 35 heavy (non-hydrogen) atoms. The number of sulfone groups is 1. The van der Waals surface area contributed by atoms with E-state index in [0.717, 1.165) is 26.9 Å². The average Bonchev–Trinajstić information content (AvgIpc) is 3.30. The lowest BCUT2D eigenvalue weighted by Gasteiger charge is -2.20. The smallest absolute Gasteiger partial charge is 0.229 e. The molecule has 7 nitrogen and oxygen atoms in total. The van der Waals surface area contributed by atoms with Gasteiger partial charge >= 0.3 is 0 Å². The van der Waals surface area contributed by atoms with E-state index in [2.05, 4.69) is 11.1 Å². The van der Waals surface area contributed by atoms with Gasteiger partial charge < -0.3 is 4.74 Å². The summed E-state index contributed by atoms with van der Waals surface area (Å²) in [5, 5.41) is 0.598. The number of hydrogen-bond acceptors (Lipinski definition) is 7. The molecule has 4 aromatic rings. The summed E-state index contributed by atoms with van der Waals surface area (Å²) in [6, 6.07) is 14.1. The lowest BCUT2D eigenvalue weighted by atomic mass is 10.1. The first kappa shape index (κ1) is 24.8. The summed E-state index contributed by atoms with van der Waals surface area (Å²) >= 11 is 1.46. The molecule has 2 aromatic carbocycles. The summed E-state index contributed by atoms with van der Waals surface area (Å²) in [7, 11) is -1.98. The molecule has 4 rings (SSSR count). The minimum absolute atomic E-state index is 0.0869. The Kier molecular flexibility index (Phi) is 7.47. The molecule has 0 aliphatic carbocycles. The van der Waals surface area contributed by atoms with Crippen LogP contribution in [0.3, 0.4) is 0 Å². The summed E-state index contributed by atoms with van der Waals surface area (Å²) < 4.78 is 31.6. The number of amides is 1. The maximum absolute atomic E-state index is 13.3. The van der Waals surface area contributed by atoms with Gasteiger partial charge in [0.15, 0.2) is 15.0 Å². The predicted molar refractivity (Wildman–Crippen MR) is 139 cm³/mol. The number of carbonyl (C=O) groups is 1. The molecule has 9 heteroatoms. The summed E-state index contributed by atoms with van der Waals surface area (Å²) in [5.41, 5.74) is 3.99. The van der Waals surface area contributed by atoms with Gasteiger partial charge in [0.25, 0.3) is 0 Å². The number of rotatable bonds is 9. The van der Waals surface area contributed by atoms with Crippen molar-refractivity contribution in [2.75, 3.05) is 17.8 Å². The predicted octanol–water partition coefficient (Wildman–Crippen LogP) is 5.10. The molecule has 0 bridgehead atoms. The molecule has 0 aliphatic heterocycles. The number of methoxy groups -OCH3 is 1. The molecule has 1 amide bonds. The number of pyridine rings is 1. The monoisotopic (exact) mass is 509 g/mol. The van der Waals surface area contributed by atoms with E-state index in [1.165, 1.54) is 30.6 Å². The molecular weight excluding hydrogens is 482 g/mol.